The van der Waals surface area contributed by atoms with Gasteiger partial charge in [-0.25, -0.2) is 0 Å². The van der Waals surface area contributed by atoms with Gasteiger partial charge in [0.15, 0.2) is 0 Å². The third-order valence-electron chi connectivity index (χ3n) is 3.90. The Morgan fingerprint density at radius 2 is 2.00 bits per heavy atom. The summed E-state index contributed by atoms with van der Waals surface area (Å²) in [6.45, 7) is 5.69. The van der Waals surface area contributed by atoms with Crippen molar-refractivity contribution in [3.63, 3.8) is 0 Å². The third kappa shape index (κ3) is 4.46. The molecule has 1 aromatic rings. The first-order valence-corrected chi connectivity index (χ1v) is 7.73. The fourth-order valence-corrected chi connectivity index (χ4v) is 2.66. The minimum Gasteiger partial charge on any atom is -0.491 e. The number of carbonyl (C=O) groups excluding carboxylic acids is 1. The highest BCUT2D eigenvalue weighted by atomic mass is 16.5. The Kier molecular flexibility index (Phi) is 5.62. The zero-order valence-corrected chi connectivity index (χ0v) is 12.9. The Morgan fingerprint density at radius 1 is 1.33 bits per heavy atom. The minimum atomic E-state index is 0.0987. The van der Waals surface area contributed by atoms with Crippen molar-refractivity contribution in [3.8, 4) is 5.75 Å². The van der Waals surface area contributed by atoms with E-state index in [2.05, 4.69) is 0 Å². The molecule has 1 aliphatic heterocycles. The minimum absolute atomic E-state index is 0.0987. The molecule has 1 aromatic carbocycles. The molecule has 0 unspecified atom stereocenters. The van der Waals surface area contributed by atoms with E-state index in [4.69, 9.17) is 9.84 Å². The number of hydrogen-bond acceptors (Lipinski definition) is 3. The average molecular weight is 291 g/mol. The molecule has 2 rings (SSSR count). The van der Waals surface area contributed by atoms with Crippen LogP contribution in [0, 0.1) is 5.92 Å². The van der Waals surface area contributed by atoms with Gasteiger partial charge in [0.2, 0.25) is 5.91 Å². The number of para-hydroxylation sites is 1. The lowest BCUT2D eigenvalue weighted by atomic mass is 9.97. The Hall–Kier alpha value is -1.55. The molecule has 0 radical (unpaired) electrons. The SMILES string of the molecule is CC(C)Oc1ccccc1CC(=O)N1CCC(CO)CC1. The molecule has 1 saturated heterocycles. The second-order valence-corrected chi connectivity index (χ2v) is 5.96. The molecule has 116 valence electrons. The van der Waals surface area contributed by atoms with Crippen molar-refractivity contribution in [2.24, 2.45) is 5.92 Å². The molecule has 4 heteroatoms. The van der Waals surface area contributed by atoms with Crippen LogP contribution in [0.4, 0.5) is 0 Å². The van der Waals surface area contributed by atoms with E-state index in [1.54, 1.807) is 0 Å². The summed E-state index contributed by atoms with van der Waals surface area (Å²) in [6.07, 6.45) is 2.27. The quantitative estimate of drug-likeness (QED) is 0.905. The number of hydrogen-bond donors (Lipinski definition) is 1. The molecule has 0 saturated carbocycles. The summed E-state index contributed by atoms with van der Waals surface area (Å²) >= 11 is 0. The topological polar surface area (TPSA) is 49.8 Å². The van der Waals surface area contributed by atoms with Crippen LogP contribution >= 0.6 is 0 Å². The normalized spacial score (nSPS) is 16.3. The fourth-order valence-electron chi connectivity index (χ4n) is 2.66. The summed E-state index contributed by atoms with van der Waals surface area (Å²) < 4.78 is 5.76. The standard InChI is InChI=1S/C17H25NO3/c1-13(2)21-16-6-4-3-5-15(16)11-17(20)18-9-7-14(12-19)8-10-18/h3-6,13-14,19H,7-12H2,1-2H3. The maximum atomic E-state index is 12.4. The fraction of sp³-hybridized carbons (Fsp3) is 0.588. The molecule has 0 aromatic heterocycles. The van der Waals surface area contributed by atoms with E-state index >= 15 is 0 Å². The first-order valence-electron chi connectivity index (χ1n) is 7.73. The van der Waals surface area contributed by atoms with E-state index < -0.39 is 0 Å². The lowest BCUT2D eigenvalue weighted by Gasteiger charge is -2.31. The van der Waals surface area contributed by atoms with Crippen LogP contribution in [0.15, 0.2) is 24.3 Å². The molecular formula is C17H25NO3. The van der Waals surface area contributed by atoms with Gasteiger partial charge in [-0.3, -0.25) is 4.79 Å². The Bertz CT molecular complexity index is 465. The van der Waals surface area contributed by atoms with Gasteiger partial charge in [-0.2, -0.15) is 0 Å². The maximum Gasteiger partial charge on any atom is 0.227 e. The van der Waals surface area contributed by atoms with Crippen LogP contribution in [0.3, 0.4) is 0 Å². The molecule has 0 atom stereocenters. The van der Waals surface area contributed by atoms with Crippen LogP contribution in [-0.4, -0.2) is 41.7 Å². The Balaban J connectivity index is 1.97. The molecule has 0 spiro atoms. The van der Waals surface area contributed by atoms with Gasteiger partial charge >= 0.3 is 0 Å². The van der Waals surface area contributed by atoms with Gasteiger partial charge in [-0.1, -0.05) is 18.2 Å². The second-order valence-electron chi connectivity index (χ2n) is 5.96. The first-order chi connectivity index (χ1) is 10.1. The highest BCUT2D eigenvalue weighted by Crippen LogP contribution is 2.22. The molecule has 1 N–H and O–H groups in total. The summed E-state index contributed by atoms with van der Waals surface area (Å²) in [6, 6.07) is 7.74. The highest BCUT2D eigenvalue weighted by Gasteiger charge is 2.23. The van der Waals surface area contributed by atoms with Crippen molar-refractivity contribution in [1.29, 1.82) is 0 Å². The number of piperidine rings is 1. The number of nitrogens with zero attached hydrogens (tertiary/aromatic N) is 1. The van der Waals surface area contributed by atoms with Gasteiger partial charge in [0.05, 0.1) is 12.5 Å². The smallest absolute Gasteiger partial charge is 0.227 e. The number of rotatable bonds is 5. The van der Waals surface area contributed by atoms with E-state index in [0.29, 0.717) is 12.3 Å². The van der Waals surface area contributed by atoms with Gasteiger partial charge in [-0.05, 0) is 38.7 Å². The molecule has 1 aliphatic rings. The van der Waals surface area contributed by atoms with Crippen LogP contribution in [0.25, 0.3) is 0 Å². The van der Waals surface area contributed by atoms with Crippen molar-refractivity contribution in [2.75, 3.05) is 19.7 Å². The predicted molar refractivity (Wildman–Crippen MR) is 82.3 cm³/mol. The van der Waals surface area contributed by atoms with E-state index in [-0.39, 0.29) is 18.6 Å². The summed E-state index contributed by atoms with van der Waals surface area (Å²) in [7, 11) is 0. The van der Waals surface area contributed by atoms with Gasteiger partial charge in [0, 0.05) is 25.3 Å². The molecule has 21 heavy (non-hydrogen) atoms. The Labute approximate surface area is 126 Å². The molecule has 1 heterocycles. The molecule has 4 nitrogen and oxygen atoms in total. The number of carbonyl (C=O) groups is 1. The highest BCUT2D eigenvalue weighted by molar-refractivity contribution is 5.79. The van der Waals surface area contributed by atoms with Gasteiger partial charge in [0.1, 0.15) is 5.75 Å². The van der Waals surface area contributed by atoms with E-state index in [9.17, 15) is 4.79 Å². The summed E-state index contributed by atoms with van der Waals surface area (Å²) in [5.74, 6) is 1.29. The lowest BCUT2D eigenvalue weighted by Crippen LogP contribution is -2.40. The molecule has 1 amide bonds. The van der Waals surface area contributed by atoms with Crippen LogP contribution in [0.5, 0.6) is 5.75 Å². The van der Waals surface area contributed by atoms with E-state index in [0.717, 1.165) is 37.2 Å². The first kappa shape index (κ1) is 15.8. The van der Waals surface area contributed by atoms with E-state index in [1.165, 1.54) is 0 Å². The summed E-state index contributed by atoms with van der Waals surface area (Å²) in [5, 5.41) is 9.15. The zero-order valence-electron chi connectivity index (χ0n) is 12.9. The van der Waals surface area contributed by atoms with Crippen LogP contribution in [0.2, 0.25) is 0 Å². The van der Waals surface area contributed by atoms with Gasteiger partial charge in [-0.15, -0.1) is 0 Å². The molecule has 0 bridgehead atoms. The predicted octanol–water partition coefficient (Wildman–Crippen LogP) is 2.25. The van der Waals surface area contributed by atoms with Gasteiger partial charge < -0.3 is 14.7 Å². The number of amides is 1. The van der Waals surface area contributed by atoms with Crippen molar-refractivity contribution in [1.82, 2.24) is 4.90 Å². The van der Waals surface area contributed by atoms with Crippen molar-refractivity contribution >= 4 is 5.91 Å². The zero-order chi connectivity index (χ0) is 15.2. The van der Waals surface area contributed by atoms with Crippen LogP contribution in [-0.2, 0) is 11.2 Å². The third-order valence-corrected chi connectivity index (χ3v) is 3.90. The summed E-state index contributed by atoms with van der Waals surface area (Å²) in [4.78, 5) is 14.3. The molecule has 1 fully saturated rings. The number of aliphatic hydroxyl groups is 1. The average Bonchev–Trinajstić information content (AvgIpc) is 2.49. The lowest BCUT2D eigenvalue weighted by molar-refractivity contribution is -0.132. The molecule has 0 aliphatic carbocycles. The van der Waals surface area contributed by atoms with E-state index in [1.807, 2.05) is 43.0 Å². The number of likely N-dealkylation sites (tertiary alicyclic amines) is 1. The van der Waals surface area contributed by atoms with Gasteiger partial charge in [0.25, 0.3) is 0 Å². The molecular weight excluding hydrogens is 266 g/mol. The second kappa shape index (κ2) is 7.46. The van der Waals surface area contributed by atoms with Crippen LogP contribution < -0.4 is 4.74 Å². The number of aliphatic hydroxyl groups excluding tert-OH is 1. The largest absolute Gasteiger partial charge is 0.491 e. The number of benzene rings is 1. The Morgan fingerprint density at radius 3 is 2.62 bits per heavy atom. The monoisotopic (exact) mass is 291 g/mol. The van der Waals surface area contributed by atoms with Crippen molar-refractivity contribution in [3.05, 3.63) is 29.8 Å². The number of ether oxygens (including phenoxy) is 1. The van der Waals surface area contributed by atoms with Crippen molar-refractivity contribution < 1.29 is 14.6 Å². The van der Waals surface area contributed by atoms with Crippen LogP contribution in [0.1, 0.15) is 32.3 Å². The maximum absolute atomic E-state index is 12.4. The summed E-state index contributed by atoms with van der Waals surface area (Å²) in [5.41, 5.74) is 0.945. The van der Waals surface area contributed by atoms with Crippen molar-refractivity contribution in [2.45, 2.75) is 39.2 Å².